The van der Waals surface area contributed by atoms with Crippen LogP contribution < -0.4 is 22.3 Å². The molecule has 5 heterocycles. The van der Waals surface area contributed by atoms with Gasteiger partial charge in [-0.3, -0.25) is 15.8 Å². The molecule has 8 bridgehead atoms. The average molecular weight is 429 g/mol. The summed E-state index contributed by atoms with van der Waals surface area (Å²) in [6.07, 6.45) is 5.71. The standard InChI is InChI=1S/C20H18N8.Co/c21-17-15-6-5-13(27-15)8-12-2-1-10(25-12)7-11-3-4-14(26-11)9-16-18(22)19(23)20(17)28(16)24;/h1-9,22-23,25-27H,21,24H2;. The van der Waals surface area contributed by atoms with E-state index in [1.165, 1.54) is 5.01 Å². The minimum absolute atomic E-state index is 0. The number of nitrogens with zero attached hydrogens (tertiary/aromatic N) is 1. The molecule has 1 fully saturated rings. The van der Waals surface area contributed by atoms with Crippen molar-refractivity contribution in [1.82, 2.24) is 20.0 Å². The van der Waals surface area contributed by atoms with E-state index in [0.29, 0.717) is 22.8 Å². The zero-order valence-corrected chi connectivity index (χ0v) is 16.2. The molecule has 5 rings (SSSR count). The molecule has 0 aromatic carbocycles. The van der Waals surface area contributed by atoms with Gasteiger partial charge in [-0.05, 0) is 54.6 Å². The normalized spacial score (nSPS) is 15.6. The number of fused-ring (bicyclic) bond motifs is 8. The molecule has 2 aliphatic rings. The summed E-state index contributed by atoms with van der Waals surface area (Å²) in [5.74, 6) is 6.23. The zero-order valence-electron chi connectivity index (χ0n) is 15.1. The Morgan fingerprint density at radius 3 is 2.00 bits per heavy atom. The van der Waals surface area contributed by atoms with Gasteiger partial charge in [-0.1, -0.05) is 0 Å². The molecule has 0 saturated carbocycles. The molecular formula is C20H18CoN8. The van der Waals surface area contributed by atoms with Gasteiger partial charge in [-0.2, -0.15) is 0 Å². The van der Waals surface area contributed by atoms with Gasteiger partial charge < -0.3 is 20.7 Å². The molecule has 0 unspecified atom stereocenters. The van der Waals surface area contributed by atoms with Crippen molar-refractivity contribution in [3.8, 4) is 0 Å². The molecule has 0 atom stereocenters. The Morgan fingerprint density at radius 2 is 1.31 bits per heavy atom. The van der Waals surface area contributed by atoms with Crippen LogP contribution in [0, 0.1) is 10.8 Å². The van der Waals surface area contributed by atoms with E-state index in [4.69, 9.17) is 22.4 Å². The van der Waals surface area contributed by atoms with Crippen molar-refractivity contribution in [3.05, 3.63) is 81.3 Å². The van der Waals surface area contributed by atoms with E-state index in [1.54, 1.807) is 6.08 Å². The fraction of sp³-hybridized carbons (Fsp3) is 0. The van der Waals surface area contributed by atoms with Gasteiger partial charge in [-0.15, -0.1) is 0 Å². The number of aromatic amines is 3. The minimum atomic E-state index is -0.0115. The summed E-state index contributed by atoms with van der Waals surface area (Å²) in [6, 6.07) is 11.6. The molecular weight excluding hydrogens is 411 g/mol. The molecule has 3 aromatic heterocycles. The van der Waals surface area contributed by atoms with Crippen LogP contribution >= 0.6 is 0 Å². The number of allylic oxidation sites excluding steroid dienone is 2. The second-order valence-corrected chi connectivity index (χ2v) is 6.77. The molecule has 0 spiro atoms. The fourth-order valence-corrected chi connectivity index (χ4v) is 3.47. The van der Waals surface area contributed by atoms with Crippen molar-refractivity contribution >= 4 is 35.3 Å². The van der Waals surface area contributed by atoms with Crippen LogP contribution in [0.3, 0.4) is 0 Å². The van der Waals surface area contributed by atoms with E-state index in [9.17, 15) is 0 Å². The van der Waals surface area contributed by atoms with Gasteiger partial charge in [-0.25, -0.2) is 5.84 Å². The van der Waals surface area contributed by atoms with Crippen molar-refractivity contribution in [2.75, 3.05) is 0 Å². The van der Waals surface area contributed by atoms with Gasteiger partial charge in [0.25, 0.3) is 0 Å². The van der Waals surface area contributed by atoms with E-state index >= 15 is 0 Å². The largest absolute Gasteiger partial charge is 0.395 e. The van der Waals surface area contributed by atoms with Crippen LogP contribution in [0.5, 0.6) is 0 Å². The Hall–Kier alpha value is -3.53. The van der Waals surface area contributed by atoms with Gasteiger partial charge in [0.1, 0.15) is 17.1 Å². The topological polar surface area (TPSA) is 150 Å². The molecule has 9 heteroatoms. The van der Waals surface area contributed by atoms with Crippen LogP contribution in [0.2, 0.25) is 0 Å². The number of rotatable bonds is 0. The third-order valence-corrected chi connectivity index (χ3v) is 4.87. The third-order valence-electron chi connectivity index (χ3n) is 4.87. The number of hydrogen-bond acceptors (Lipinski definition) is 5. The SMILES string of the molecule is N=C1C(=N)C2=C(N)c3ccc([nH]3)C=c3ccc([nH]3)=Cc3ccc([nH]3)C=C1N2N.[Co]. The van der Waals surface area contributed by atoms with Crippen LogP contribution in [0.1, 0.15) is 22.8 Å². The van der Waals surface area contributed by atoms with Gasteiger partial charge in [0.2, 0.25) is 0 Å². The predicted molar refractivity (Wildman–Crippen MR) is 109 cm³/mol. The van der Waals surface area contributed by atoms with E-state index in [0.717, 1.165) is 27.8 Å². The summed E-state index contributed by atoms with van der Waals surface area (Å²) < 4.78 is 0. The summed E-state index contributed by atoms with van der Waals surface area (Å²) in [6.45, 7) is 0. The minimum Gasteiger partial charge on any atom is -0.395 e. The second kappa shape index (κ2) is 6.81. The maximum atomic E-state index is 8.34. The van der Waals surface area contributed by atoms with Crippen molar-refractivity contribution < 1.29 is 16.8 Å². The molecule has 0 aliphatic carbocycles. The molecule has 2 aliphatic heterocycles. The Kier molecular flexibility index (Phi) is 4.42. The zero-order chi connectivity index (χ0) is 19.4. The van der Waals surface area contributed by atoms with Gasteiger partial charge in [0, 0.05) is 44.6 Å². The van der Waals surface area contributed by atoms with E-state index < -0.39 is 0 Å². The van der Waals surface area contributed by atoms with Crippen molar-refractivity contribution in [2.45, 2.75) is 0 Å². The van der Waals surface area contributed by atoms with Crippen LogP contribution in [0.25, 0.3) is 23.9 Å². The first-order valence-electron chi connectivity index (χ1n) is 8.71. The van der Waals surface area contributed by atoms with Crippen LogP contribution in [0.4, 0.5) is 0 Å². The second-order valence-electron chi connectivity index (χ2n) is 6.77. The predicted octanol–water partition coefficient (Wildman–Crippen LogP) is 0.537. The number of nitrogens with one attached hydrogen (secondary N) is 5. The number of hydrazine groups is 1. The van der Waals surface area contributed by atoms with Gasteiger partial charge >= 0.3 is 0 Å². The van der Waals surface area contributed by atoms with E-state index in [1.807, 2.05) is 48.6 Å². The van der Waals surface area contributed by atoms with Crippen LogP contribution in [-0.4, -0.2) is 31.4 Å². The maximum Gasteiger partial charge on any atom is 0.110 e. The number of aromatic nitrogens is 3. The fourth-order valence-electron chi connectivity index (χ4n) is 3.47. The Labute approximate surface area is 175 Å². The monoisotopic (exact) mass is 429 g/mol. The van der Waals surface area contributed by atoms with Crippen LogP contribution in [-0.2, 0) is 16.8 Å². The maximum absolute atomic E-state index is 8.34. The van der Waals surface area contributed by atoms with Gasteiger partial charge in [0.05, 0.1) is 17.1 Å². The first-order valence-corrected chi connectivity index (χ1v) is 8.71. The molecule has 147 valence electrons. The molecule has 29 heavy (non-hydrogen) atoms. The Morgan fingerprint density at radius 1 is 0.724 bits per heavy atom. The summed E-state index contributed by atoms with van der Waals surface area (Å²) in [4.78, 5) is 9.87. The number of hydrogen-bond donors (Lipinski definition) is 7. The smallest absolute Gasteiger partial charge is 0.110 e. The first-order chi connectivity index (χ1) is 13.5. The van der Waals surface area contributed by atoms with Crippen molar-refractivity contribution in [2.24, 2.45) is 11.6 Å². The first kappa shape index (κ1) is 18.8. The van der Waals surface area contributed by atoms with Gasteiger partial charge in [0.15, 0.2) is 0 Å². The average Bonchev–Trinajstić information content (AvgIpc) is 3.43. The summed E-state index contributed by atoms with van der Waals surface area (Å²) in [7, 11) is 0. The van der Waals surface area contributed by atoms with E-state index in [-0.39, 0.29) is 28.2 Å². The quantitative estimate of drug-likeness (QED) is 0.261. The number of nitrogens with two attached hydrogens (primary N) is 2. The number of H-pyrrole nitrogens is 3. The molecule has 1 radical (unpaired) electrons. The third kappa shape index (κ3) is 3.07. The molecule has 1 saturated heterocycles. The Balaban J connectivity index is 0.00000205. The molecule has 8 nitrogen and oxygen atoms in total. The van der Waals surface area contributed by atoms with Crippen molar-refractivity contribution in [3.63, 3.8) is 0 Å². The molecule has 9 N–H and O–H groups in total. The Bertz CT molecular complexity index is 1330. The summed E-state index contributed by atoms with van der Waals surface area (Å²) in [5, 5.41) is 19.9. The summed E-state index contributed by atoms with van der Waals surface area (Å²) >= 11 is 0. The van der Waals surface area contributed by atoms with Crippen molar-refractivity contribution in [1.29, 1.82) is 10.8 Å². The summed E-state index contributed by atoms with van der Waals surface area (Å²) in [5.41, 5.74) is 10.6. The van der Waals surface area contributed by atoms with E-state index in [2.05, 4.69) is 15.0 Å². The molecule has 0 amide bonds. The molecule has 3 aromatic rings. The van der Waals surface area contributed by atoms with Crippen LogP contribution in [0.15, 0.2) is 47.8 Å².